The molecule has 1 aromatic heterocycles. The highest BCUT2D eigenvalue weighted by Gasteiger charge is 2.06. The summed E-state index contributed by atoms with van der Waals surface area (Å²) in [6.07, 6.45) is 3.97. The summed E-state index contributed by atoms with van der Waals surface area (Å²) < 4.78 is 0. The summed E-state index contributed by atoms with van der Waals surface area (Å²) >= 11 is 0. The molecule has 0 aromatic carbocycles. The highest BCUT2D eigenvalue weighted by Crippen LogP contribution is 2.08. The molecule has 0 saturated heterocycles. The van der Waals surface area contributed by atoms with Gasteiger partial charge in [-0.2, -0.15) is 5.26 Å². The van der Waals surface area contributed by atoms with Crippen LogP contribution in [0.4, 0.5) is 5.82 Å². The maximum absolute atomic E-state index is 8.88. The van der Waals surface area contributed by atoms with Crippen molar-refractivity contribution in [3.8, 4) is 6.07 Å². The SMILES string of the molecule is CCCN(CCO)c1cnc(C#N)cn1. The van der Waals surface area contributed by atoms with Gasteiger partial charge in [0, 0.05) is 13.1 Å². The minimum absolute atomic E-state index is 0.0850. The number of nitrogens with zero attached hydrogens (tertiary/aromatic N) is 4. The Balaban J connectivity index is 2.77. The summed E-state index contributed by atoms with van der Waals surface area (Å²) in [7, 11) is 0. The van der Waals surface area contributed by atoms with E-state index in [0.29, 0.717) is 18.1 Å². The van der Waals surface area contributed by atoms with Crippen LogP contribution in [0, 0.1) is 11.3 Å². The molecule has 0 atom stereocenters. The first-order valence-electron chi connectivity index (χ1n) is 4.89. The monoisotopic (exact) mass is 206 g/mol. The first-order chi connectivity index (χ1) is 7.31. The van der Waals surface area contributed by atoms with Gasteiger partial charge in [0.15, 0.2) is 5.69 Å². The van der Waals surface area contributed by atoms with Gasteiger partial charge in [0.25, 0.3) is 0 Å². The van der Waals surface area contributed by atoms with E-state index < -0.39 is 0 Å². The van der Waals surface area contributed by atoms with E-state index in [9.17, 15) is 0 Å². The van der Waals surface area contributed by atoms with Crippen LogP contribution in [-0.2, 0) is 0 Å². The van der Waals surface area contributed by atoms with E-state index in [1.165, 1.54) is 6.20 Å². The smallest absolute Gasteiger partial charge is 0.158 e. The van der Waals surface area contributed by atoms with Gasteiger partial charge in [0.1, 0.15) is 11.9 Å². The van der Waals surface area contributed by atoms with Gasteiger partial charge in [-0.1, -0.05) is 6.92 Å². The van der Waals surface area contributed by atoms with Gasteiger partial charge in [-0.3, -0.25) is 0 Å². The fraction of sp³-hybridized carbons (Fsp3) is 0.500. The minimum atomic E-state index is 0.0850. The highest BCUT2D eigenvalue weighted by molar-refractivity contribution is 5.36. The second-order valence-corrected chi connectivity index (χ2v) is 3.08. The van der Waals surface area contributed by atoms with Crippen LogP contribution in [0.3, 0.4) is 0 Å². The maximum atomic E-state index is 8.88. The van der Waals surface area contributed by atoms with Crippen molar-refractivity contribution in [3.05, 3.63) is 18.1 Å². The lowest BCUT2D eigenvalue weighted by Gasteiger charge is -2.21. The molecule has 0 fully saturated rings. The molecule has 1 N–H and O–H groups in total. The first kappa shape index (κ1) is 11.4. The van der Waals surface area contributed by atoms with Crippen LogP contribution in [0.15, 0.2) is 12.4 Å². The molecule has 1 heterocycles. The number of rotatable bonds is 5. The fourth-order valence-electron chi connectivity index (χ4n) is 1.27. The Kier molecular flexibility index (Phi) is 4.51. The summed E-state index contributed by atoms with van der Waals surface area (Å²) in [5.74, 6) is 0.699. The van der Waals surface area contributed by atoms with Crippen LogP contribution in [-0.4, -0.2) is 34.8 Å². The summed E-state index contributed by atoms with van der Waals surface area (Å²) in [5, 5.41) is 17.5. The Hall–Kier alpha value is -1.67. The average Bonchev–Trinajstić information content (AvgIpc) is 2.29. The van der Waals surface area contributed by atoms with Crippen LogP contribution >= 0.6 is 0 Å². The molecule has 1 rings (SSSR count). The first-order valence-corrected chi connectivity index (χ1v) is 4.89. The van der Waals surface area contributed by atoms with Crippen molar-refractivity contribution in [1.29, 1.82) is 5.26 Å². The molecule has 1 aromatic rings. The highest BCUT2D eigenvalue weighted by atomic mass is 16.3. The van der Waals surface area contributed by atoms with Crippen LogP contribution < -0.4 is 4.90 Å². The van der Waals surface area contributed by atoms with Gasteiger partial charge >= 0.3 is 0 Å². The van der Waals surface area contributed by atoms with E-state index in [4.69, 9.17) is 10.4 Å². The molecular weight excluding hydrogens is 192 g/mol. The summed E-state index contributed by atoms with van der Waals surface area (Å²) in [6.45, 7) is 3.50. The van der Waals surface area contributed by atoms with Gasteiger partial charge in [-0.25, -0.2) is 9.97 Å². The Morgan fingerprint density at radius 1 is 1.40 bits per heavy atom. The Bertz CT molecular complexity index is 324. The van der Waals surface area contributed by atoms with E-state index in [1.807, 2.05) is 11.0 Å². The topological polar surface area (TPSA) is 73.0 Å². The number of nitriles is 1. The Labute approximate surface area is 89.0 Å². The molecule has 0 unspecified atom stereocenters. The van der Waals surface area contributed by atoms with Gasteiger partial charge in [0.2, 0.25) is 0 Å². The summed E-state index contributed by atoms with van der Waals surface area (Å²) in [4.78, 5) is 9.99. The van der Waals surface area contributed by atoms with E-state index in [2.05, 4.69) is 16.9 Å². The molecule has 5 heteroatoms. The molecule has 15 heavy (non-hydrogen) atoms. The fourth-order valence-corrected chi connectivity index (χ4v) is 1.27. The third-order valence-electron chi connectivity index (χ3n) is 1.94. The lowest BCUT2D eigenvalue weighted by molar-refractivity contribution is 0.301. The second-order valence-electron chi connectivity index (χ2n) is 3.08. The second kappa shape index (κ2) is 5.94. The van der Waals surface area contributed by atoms with Gasteiger partial charge in [-0.15, -0.1) is 0 Å². The van der Waals surface area contributed by atoms with E-state index >= 15 is 0 Å². The predicted octanol–water partition coefficient (Wildman–Crippen LogP) is 0.557. The van der Waals surface area contributed by atoms with Crippen molar-refractivity contribution >= 4 is 5.82 Å². The van der Waals surface area contributed by atoms with Crippen LogP contribution in [0.2, 0.25) is 0 Å². The number of hydrogen-bond acceptors (Lipinski definition) is 5. The number of anilines is 1. The molecule has 5 nitrogen and oxygen atoms in total. The van der Waals surface area contributed by atoms with E-state index in [1.54, 1.807) is 6.20 Å². The normalized spacial score (nSPS) is 9.67. The van der Waals surface area contributed by atoms with E-state index in [-0.39, 0.29) is 6.61 Å². The largest absolute Gasteiger partial charge is 0.395 e. The predicted molar refractivity (Wildman–Crippen MR) is 56.3 cm³/mol. The summed E-state index contributed by atoms with van der Waals surface area (Å²) in [5.41, 5.74) is 0.305. The van der Waals surface area contributed by atoms with Crippen LogP contribution in [0.5, 0.6) is 0 Å². The zero-order chi connectivity index (χ0) is 11.1. The number of aliphatic hydroxyl groups excluding tert-OH is 1. The molecular formula is C10H14N4O. The van der Waals surface area contributed by atoms with Crippen molar-refractivity contribution in [2.45, 2.75) is 13.3 Å². The molecule has 0 saturated carbocycles. The quantitative estimate of drug-likeness (QED) is 0.762. The summed E-state index contributed by atoms with van der Waals surface area (Å²) in [6, 6.07) is 1.92. The lowest BCUT2D eigenvalue weighted by atomic mass is 10.4. The van der Waals surface area contributed by atoms with Crippen molar-refractivity contribution in [2.75, 3.05) is 24.6 Å². The van der Waals surface area contributed by atoms with Gasteiger partial charge in [-0.05, 0) is 6.42 Å². The Morgan fingerprint density at radius 2 is 2.20 bits per heavy atom. The average molecular weight is 206 g/mol. The standard InChI is InChI=1S/C10H14N4O/c1-2-3-14(4-5-15)10-8-12-9(6-11)7-13-10/h7-8,15H,2-5H2,1H3. The zero-order valence-corrected chi connectivity index (χ0v) is 8.72. The van der Waals surface area contributed by atoms with Crippen molar-refractivity contribution < 1.29 is 5.11 Å². The number of aliphatic hydroxyl groups is 1. The molecule has 0 aliphatic carbocycles. The lowest BCUT2D eigenvalue weighted by Crippen LogP contribution is -2.28. The molecule has 0 spiro atoms. The number of aromatic nitrogens is 2. The van der Waals surface area contributed by atoms with Crippen LogP contribution in [0.25, 0.3) is 0 Å². The molecule has 0 amide bonds. The van der Waals surface area contributed by atoms with Crippen molar-refractivity contribution in [2.24, 2.45) is 0 Å². The van der Waals surface area contributed by atoms with Gasteiger partial charge < -0.3 is 10.0 Å². The maximum Gasteiger partial charge on any atom is 0.158 e. The Morgan fingerprint density at radius 3 is 2.67 bits per heavy atom. The van der Waals surface area contributed by atoms with Gasteiger partial charge in [0.05, 0.1) is 19.0 Å². The molecule has 0 aliphatic heterocycles. The van der Waals surface area contributed by atoms with Crippen molar-refractivity contribution in [1.82, 2.24) is 9.97 Å². The zero-order valence-electron chi connectivity index (χ0n) is 8.72. The van der Waals surface area contributed by atoms with E-state index in [0.717, 1.165) is 13.0 Å². The molecule has 0 aliphatic rings. The van der Waals surface area contributed by atoms with Crippen molar-refractivity contribution in [3.63, 3.8) is 0 Å². The van der Waals surface area contributed by atoms with Crippen LogP contribution in [0.1, 0.15) is 19.0 Å². The molecule has 80 valence electrons. The minimum Gasteiger partial charge on any atom is -0.395 e. The molecule has 0 bridgehead atoms. The number of hydrogen-bond donors (Lipinski definition) is 1. The molecule has 0 radical (unpaired) electrons. The third-order valence-corrected chi connectivity index (χ3v) is 1.94. The third kappa shape index (κ3) is 3.18.